The van der Waals surface area contributed by atoms with Crippen LogP contribution in [-0.4, -0.2) is 18.5 Å². The summed E-state index contributed by atoms with van der Waals surface area (Å²) in [6.07, 6.45) is 0.121. The summed E-state index contributed by atoms with van der Waals surface area (Å²) < 4.78 is 40.1. The summed E-state index contributed by atoms with van der Waals surface area (Å²) >= 11 is 0. The number of halogens is 3. The fourth-order valence-electron chi connectivity index (χ4n) is 0.323. The second kappa shape index (κ2) is 3.94. The molecule has 0 fully saturated rings. The minimum absolute atomic E-state index is 0.121. The van der Waals surface area contributed by atoms with Crippen LogP contribution in [0.1, 0.15) is 0 Å². The van der Waals surface area contributed by atoms with Crippen LogP contribution in [0.4, 0.5) is 13.2 Å². The van der Waals surface area contributed by atoms with Gasteiger partial charge in [-0.25, -0.2) is 9.18 Å². The minimum Gasteiger partial charge on any atom is -0.454 e. The second-order valence-electron chi connectivity index (χ2n) is 1.92. The molecule has 0 bridgehead atoms. The Kier molecular flexibility index (Phi) is 3.53. The molecule has 0 aromatic carbocycles. The Morgan fingerprint density at radius 1 is 1.58 bits per heavy atom. The molecule has 0 spiro atoms. The largest absolute Gasteiger partial charge is 0.454 e. The first-order valence-corrected chi connectivity index (χ1v) is 2.92. The molecule has 12 heavy (non-hydrogen) atoms. The lowest BCUT2D eigenvalue weighted by Gasteiger charge is -2.09. The van der Waals surface area contributed by atoms with Crippen molar-refractivity contribution in [1.82, 2.24) is 0 Å². The Bertz CT molecular complexity index is 211. The van der Waals surface area contributed by atoms with Crippen molar-refractivity contribution in [2.45, 2.75) is 5.92 Å². The molecule has 68 valence electrons. The molecule has 0 amide bonds. The van der Waals surface area contributed by atoms with Gasteiger partial charge in [-0.2, -0.15) is 8.78 Å². The van der Waals surface area contributed by atoms with Gasteiger partial charge in [-0.1, -0.05) is 13.2 Å². The van der Waals surface area contributed by atoms with E-state index in [0.717, 1.165) is 0 Å². The van der Waals surface area contributed by atoms with Crippen LogP contribution < -0.4 is 0 Å². The van der Waals surface area contributed by atoms with Gasteiger partial charge < -0.3 is 4.74 Å². The van der Waals surface area contributed by atoms with Gasteiger partial charge in [0.15, 0.2) is 0 Å². The van der Waals surface area contributed by atoms with Gasteiger partial charge >= 0.3 is 11.9 Å². The van der Waals surface area contributed by atoms with Crippen molar-refractivity contribution < 1.29 is 22.7 Å². The molecule has 0 saturated carbocycles. The molecule has 0 aliphatic heterocycles. The highest BCUT2D eigenvalue weighted by molar-refractivity contribution is 5.79. The quantitative estimate of drug-likeness (QED) is 0.487. The molecule has 5 heteroatoms. The summed E-state index contributed by atoms with van der Waals surface area (Å²) in [5.74, 6) is -6.60. The van der Waals surface area contributed by atoms with E-state index in [9.17, 15) is 18.0 Å². The van der Waals surface area contributed by atoms with Gasteiger partial charge in [0.05, 0.1) is 0 Å². The number of rotatable bonds is 4. The number of carbonyl (C=O) groups is 1. The number of esters is 1. The first-order chi connectivity index (χ1) is 5.40. The zero-order valence-corrected chi connectivity index (χ0v) is 6.15. The molecule has 0 atom stereocenters. The number of hydrogen-bond acceptors (Lipinski definition) is 2. The first-order valence-electron chi connectivity index (χ1n) is 2.92. The van der Waals surface area contributed by atoms with Crippen LogP contribution in [0, 0.1) is 0 Å². The lowest BCUT2D eigenvalue weighted by Crippen LogP contribution is -2.28. The molecule has 0 saturated heterocycles. The molecule has 0 radical (unpaired) electrons. The fraction of sp³-hybridized carbons (Fsp3) is 0.286. The SMILES string of the molecule is C=CC(F)(F)C(=O)OCC(=C)F. The molecule has 0 aliphatic rings. The average molecular weight is 180 g/mol. The third-order valence-electron chi connectivity index (χ3n) is 0.888. The van der Waals surface area contributed by atoms with Gasteiger partial charge in [0.2, 0.25) is 0 Å². The highest BCUT2D eigenvalue weighted by atomic mass is 19.3. The van der Waals surface area contributed by atoms with E-state index in [-0.39, 0.29) is 6.08 Å². The van der Waals surface area contributed by atoms with Crippen LogP contribution in [-0.2, 0) is 9.53 Å². The van der Waals surface area contributed by atoms with E-state index >= 15 is 0 Å². The van der Waals surface area contributed by atoms with Crippen molar-refractivity contribution in [3.63, 3.8) is 0 Å². The van der Waals surface area contributed by atoms with E-state index in [0.29, 0.717) is 0 Å². The normalized spacial score (nSPS) is 10.6. The Labute approximate surface area is 67.3 Å². The van der Waals surface area contributed by atoms with Crippen molar-refractivity contribution >= 4 is 5.97 Å². The van der Waals surface area contributed by atoms with Crippen LogP contribution in [0.25, 0.3) is 0 Å². The highest BCUT2D eigenvalue weighted by Gasteiger charge is 2.36. The van der Waals surface area contributed by atoms with Gasteiger partial charge in [0.25, 0.3) is 0 Å². The number of carbonyl (C=O) groups excluding carboxylic acids is 1. The van der Waals surface area contributed by atoms with Crippen LogP contribution in [0.2, 0.25) is 0 Å². The van der Waals surface area contributed by atoms with Gasteiger partial charge in [0, 0.05) is 0 Å². The van der Waals surface area contributed by atoms with Gasteiger partial charge in [-0.15, -0.1) is 0 Å². The zero-order chi connectivity index (χ0) is 9.78. The Balaban J connectivity index is 4.04. The van der Waals surface area contributed by atoms with E-state index in [1.807, 2.05) is 0 Å². The van der Waals surface area contributed by atoms with E-state index in [1.165, 1.54) is 0 Å². The summed E-state index contributed by atoms with van der Waals surface area (Å²) in [5, 5.41) is 0. The average Bonchev–Trinajstić information content (AvgIpc) is 2.00. The molecule has 0 aliphatic carbocycles. The Morgan fingerprint density at radius 3 is 2.42 bits per heavy atom. The Hall–Kier alpha value is -1.26. The summed E-state index contributed by atoms with van der Waals surface area (Å²) in [6.45, 7) is 4.58. The maximum Gasteiger partial charge on any atom is 0.381 e. The van der Waals surface area contributed by atoms with Crippen LogP contribution in [0.15, 0.2) is 25.1 Å². The van der Waals surface area contributed by atoms with E-state index in [4.69, 9.17) is 0 Å². The summed E-state index contributed by atoms with van der Waals surface area (Å²) in [4.78, 5) is 10.3. The number of hydrogen-bond donors (Lipinski definition) is 0. The summed E-state index contributed by atoms with van der Waals surface area (Å²) in [5.41, 5.74) is 0. The lowest BCUT2D eigenvalue weighted by atomic mass is 10.3. The molecular weight excluding hydrogens is 173 g/mol. The number of ether oxygens (including phenoxy) is 1. The lowest BCUT2D eigenvalue weighted by molar-refractivity contribution is -0.164. The molecular formula is C7H7F3O2. The smallest absolute Gasteiger partial charge is 0.381 e. The van der Waals surface area contributed by atoms with E-state index in [2.05, 4.69) is 17.9 Å². The predicted molar refractivity (Wildman–Crippen MR) is 36.4 cm³/mol. The van der Waals surface area contributed by atoms with Crippen LogP contribution in [0.5, 0.6) is 0 Å². The molecule has 0 aromatic heterocycles. The topological polar surface area (TPSA) is 26.3 Å². The summed E-state index contributed by atoms with van der Waals surface area (Å²) in [6, 6.07) is 0. The third kappa shape index (κ3) is 3.23. The van der Waals surface area contributed by atoms with Gasteiger partial charge in [-0.3, -0.25) is 0 Å². The Morgan fingerprint density at radius 2 is 2.08 bits per heavy atom. The minimum atomic E-state index is -3.77. The zero-order valence-electron chi connectivity index (χ0n) is 6.15. The number of alkyl halides is 2. The van der Waals surface area contributed by atoms with E-state index < -0.39 is 24.3 Å². The molecule has 0 heterocycles. The standard InChI is InChI=1S/C7H7F3O2/c1-3-7(9,10)6(11)12-4-5(2)8/h3H,1-2,4H2. The predicted octanol–water partition coefficient (Wildman–Crippen LogP) is 1.83. The van der Waals surface area contributed by atoms with Gasteiger partial charge in [-0.05, 0) is 6.08 Å². The van der Waals surface area contributed by atoms with Crippen molar-refractivity contribution in [1.29, 1.82) is 0 Å². The van der Waals surface area contributed by atoms with Crippen molar-refractivity contribution in [2.75, 3.05) is 6.61 Å². The molecule has 0 unspecified atom stereocenters. The maximum atomic E-state index is 12.3. The monoisotopic (exact) mass is 180 g/mol. The van der Waals surface area contributed by atoms with Crippen molar-refractivity contribution in [3.05, 3.63) is 25.1 Å². The first kappa shape index (κ1) is 10.7. The van der Waals surface area contributed by atoms with Crippen molar-refractivity contribution in [3.8, 4) is 0 Å². The van der Waals surface area contributed by atoms with Crippen LogP contribution in [0.3, 0.4) is 0 Å². The molecule has 0 aromatic rings. The molecule has 0 rings (SSSR count). The highest BCUT2D eigenvalue weighted by Crippen LogP contribution is 2.16. The van der Waals surface area contributed by atoms with E-state index in [1.54, 1.807) is 0 Å². The third-order valence-corrected chi connectivity index (χ3v) is 0.888. The molecule has 2 nitrogen and oxygen atoms in total. The van der Waals surface area contributed by atoms with Gasteiger partial charge in [0.1, 0.15) is 12.4 Å². The fourth-order valence-corrected chi connectivity index (χ4v) is 0.323. The second-order valence-corrected chi connectivity index (χ2v) is 1.92. The van der Waals surface area contributed by atoms with Crippen molar-refractivity contribution in [2.24, 2.45) is 0 Å². The maximum absolute atomic E-state index is 12.3. The van der Waals surface area contributed by atoms with Crippen LogP contribution >= 0.6 is 0 Å². The molecule has 0 N–H and O–H groups in total. The summed E-state index contributed by atoms with van der Waals surface area (Å²) in [7, 11) is 0.